The van der Waals surface area contributed by atoms with E-state index < -0.39 is 0 Å². The molecular formula is C4H5N3S2. The van der Waals surface area contributed by atoms with Gasteiger partial charge in [-0.1, -0.05) is 24.0 Å². The molecule has 48 valence electrons. The summed E-state index contributed by atoms with van der Waals surface area (Å²) in [6, 6.07) is 0. The summed E-state index contributed by atoms with van der Waals surface area (Å²) >= 11 is 6.21. The van der Waals surface area contributed by atoms with E-state index in [9.17, 15) is 0 Å². The highest BCUT2D eigenvalue weighted by atomic mass is 32.2. The largest absolute Gasteiger partial charge is 0.264 e. The molecule has 1 aromatic rings. The van der Waals surface area contributed by atoms with Crippen molar-refractivity contribution in [3.05, 3.63) is 10.8 Å². The van der Waals surface area contributed by atoms with Crippen molar-refractivity contribution in [1.82, 2.24) is 15.2 Å². The highest BCUT2D eigenvalue weighted by Gasteiger charge is 1.87. The van der Waals surface area contributed by atoms with Crippen LogP contribution < -0.4 is 0 Å². The summed E-state index contributed by atoms with van der Waals surface area (Å²) in [6.45, 7) is 0. The minimum absolute atomic E-state index is 0.563. The Balaban J connectivity index is 3.02. The van der Waals surface area contributed by atoms with E-state index in [0.717, 1.165) is 0 Å². The predicted octanol–water partition coefficient (Wildman–Crippen LogP) is 1.26. The van der Waals surface area contributed by atoms with Crippen LogP contribution in [-0.4, -0.2) is 21.4 Å². The van der Waals surface area contributed by atoms with Crippen LogP contribution in [0.1, 0.15) is 0 Å². The molecule has 0 aromatic carbocycles. The average molecular weight is 159 g/mol. The van der Waals surface area contributed by atoms with E-state index in [4.69, 9.17) is 12.2 Å². The Labute approximate surface area is 61.9 Å². The summed E-state index contributed by atoms with van der Waals surface area (Å²) in [5, 5.41) is 7.16. The van der Waals surface area contributed by atoms with Gasteiger partial charge in [-0.05, 0) is 6.26 Å². The Kier molecular flexibility index (Phi) is 2.18. The zero-order chi connectivity index (χ0) is 6.69. The lowest BCUT2D eigenvalue weighted by Crippen LogP contribution is -1.87. The Morgan fingerprint density at radius 1 is 1.78 bits per heavy atom. The van der Waals surface area contributed by atoms with E-state index in [0.29, 0.717) is 9.80 Å². The second-order valence-corrected chi connectivity index (χ2v) is 2.55. The fourth-order valence-corrected chi connectivity index (χ4v) is 0.766. The van der Waals surface area contributed by atoms with Gasteiger partial charge in [0, 0.05) is 0 Å². The number of aromatic nitrogens is 3. The molecule has 0 aliphatic heterocycles. The van der Waals surface area contributed by atoms with Gasteiger partial charge in [0.1, 0.15) is 4.64 Å². The molecule has 0 fully saturated rings. The molecule has 0 radical (unpaired) electrons. The van der Waals surface area contributed by atoms with Crippen LogP contribution in [0.4, 0.5) is 0 Å². The number of rotatable bonds is 1. The van der Waals surface area contributed by atoms with Crippen molar-refractivity contribution in [2.75, 3.05) is 6.26 Å². The second-order valence-electron chi connectivity index (χ2n) is 1.33. The fourth-order valence-electron chi connectivity index (χ4n) is 0.373. The number of nitrogens with zero attached hydrogens (tertiary/aromatic N) is 2. The lowest BCUT2D eigenvalue weighted by molar-refractivity contribution is 0.831. The molecule has 0 amide bonds. The molecule has 5 heteroatoms. The molecule has 0 aliphatic carbocycles. The van der Waals surface area contributed by atoms with Gasteiger partial charge in [-0.15, -0.1) is 5.10 Å². The molecule has 0 unspecified atom stereocenters. The topological polar surface area (TPSA) is 41.6 Å². The number of hydrogen-bond donors (Lipinski definition) is 1. The lowest BCUT2D eigenvalue weighted by atomic mass is 10.9. The van der Waals surface area contributed by atoms with E-state index >= 15 is 0 Å². The van der Waals surface area contributed by atoms with Crippen molar-refractivity contribution in [3.63, 3.8) is 0 Å². The van der Waals surface area contributed by atoms with Gasteiger partial charge in [0.25, 0.3) is 0 Å². The van der Waals surface area contributed by atoms with Crippen LogP contribution in [0.2, 0.25) is 0 Å². The molecule has 3 nitrogen and oxygen atoms in total. The Hall–Kier alpha value is -0.420. The number of nitrogens with one attached hydrogen (secondary N) is 1. The molecule has 0 aliphatic rings. The van der Waals surface area contributed by atoms with E-state index in [1.807, 2.05) is 6.26 Å². The first kappa shape index (κ1) is 6.70. The third-order valence-electron chi connectivity index (χ3n) is 0.737. The normalized spacial score (nSPS) is 9.44. The maximum atomic E-state index is 4.73. The summed E-state index contributed by atoms with van der Waals surface area (Å²) in [5.74, 6) is 0. The first-order chi connectivity index (χ1) is 4.33. The molecule has 1 N–H and O–H groups in total. The molecule has 1 aromatic heterocycles. The van der Waals surface area contributed by atoms with E-state index in [1.54, 1.807) is 6.20 Å². The summed E-state index contributed by atoms with van der Waals surface area (Å²) in [6.07, 6.45) is 3.49. The van der Waals surface area contributed by atoms with Crippen LogP contribution >= 0.6 is 24.0 Å². The minimum atomic E-state index is 0.563. The quantitative estimate of drug-likeness (QED) is 0.494. The highest BCUT2D eigenvalue weighted by Crippen LogP contribution is 2.02. The van der Waals surface area contributed by atoms with Gasteiger partial charge in [-0.2, -0.15) is 0 Å². The van der Waals surface area contributed by atoms with Gasteiger partial charge in [0.2, 0.25) is 5.16 Å². The monoisotopic (exact) mass is 159 g/mol. The van der Waals surface area contributed by atoms with Gasteiger partial charge in [0.05, 0.1) is 6.20 Å². The number of thioether (sulfide) groups is 1. The van der Waals surface area contributed by atoms with Crippen LogP contribution in [-0.2, 0) is 0 Å². The number of H-pyrrole nitrogens is 1. The van der Waals surface area contributed by atoms with Crippen LogP contribution in [0, 0.1) is 4.64 Å². The summed E-state index contributed by atoms with van der Waals surface area (Å²) < 4.78 is 0.563. The van der Waals surface area contributed by atoms with Crippen molar-refractivity contribution in [3.8, 4) is 0 Å². The summed E-state index contributed by atoms with van der Waals surface area (Å²) in [5.41, 5.74) is 0. The van der Waals surface area contributed by atoms with Gasteiger partial charge >= 0.3 is 0 Å². The molecule has 0 spiro atoms. The first-order valence-corrected chi connectivity index (χ1v) is 3.92. The first-order valence-electron chi connectivity index (χ1n) is 2.28. The molecule has 1 rings (SSSR count). The molecular weight excluding hydrogens is 154 g/mol. The van der Waals surface area contributed by atoms with Crippen molar-refractivity contribution < 1.29 is 0 Å². The Bertz CT molecular complexity index is 223. The van der Waals surface area contributed by atoms with E-state index in [1.165, 1.54) is 11.8 Å². The summed E-state index contributed by atoms with van der Waals surface area (Å²) in [4.78, 5) is 3.91. The van der Waals surface area contributed by atoms with Crippen LogP contribution in [0.15, 0.2) is 11.4 Å². The fraction of sp³-hybridized carbons (Fsp3) is 0.250. The van der Waals surface area contributed by atoms with Crippen LogP contribution in [0.5, 0.6) is 0 Å². The van der Waals surface area contributed by atoms with Crippen LogP contribution in [0.25, 0.3) is 0 Å². The van der Waals surface area contributed by atoms with Crippen LogP contribution in [0.3, 0.4) is 0 Å². The van der Waals surface area contributed by atoms with Crippen molar-refractivity contribution >= 4 is 24.0 Å². The maximum Gasteiger partial charge on any atom is 0.206 e. The van der Waals surface area contributed by atoms with Gasteiger partial charge in [-0.25, -0.2) is 4.98 Å². The number of aromatic amines is 1. The lowest BCUT2D eigenvalue weighted by Gasteiger charge is -1.88. The smallest absolute Gasteiger partial charge is 0.206 e. The number of hydrogen-bond acceptors (Lipinski definition) is 4. The van der Waals surface area contributed by atoms with Crippen molar-refractivity contribution in [1.29, 1.82) is 0 Å². The van der Waals surface area contributed by atoms with Gasteiger partial charge < -0.3 is 0 Å². The van der Waals surface area contributed by atoms with Gasteiger partial charge in [-0.3, -0.25) is 5.10 Å². The maximum absolute atomic E-state index is 4.73. The zero-order valence-corrected chi connectivity index (χ0v) is 6.42. The summed E-state index contributed by atoms with van der Waals surface area (Å²) in [7, 11) is 0. The minimum Gasteiger partial charge on any atom is -0.264 e. The molecule has 9 heavy (non-hydrogen) atoms. The molecule has 0 saturated heterocycles. The van der Waals surface area contributed by atoms with Gasteiger partial charge in [0.15, 0.2) is 0 Å². The Morgan fingerprint density at radius 2 is 2.56 bits per heavy atom. The van der Waals surface area contributed by atoms with Crippen molar-refractivity contribution in [2.24, 2.45) is 0 Å². The molecule has 0 bridgehead atoms. The SMILES string of the molecule is CSc1ncc(=S)[nH]n1. The average Bonchev–Trinajstić information content (AvgIpc) is 1.90. The second kappa shape index (κ2) is 2.93. The molecule has 0 atom stereocenters. The standard InChI is InChI=1S/C4H5N3S2/c1-9-4-5-2-3(8)6-7-4/h2H,1H3,(H,6,8). The Morgan fingerprint density at radius 3 is 3.00 bits per heavy atom. The van der Waals surface area contributed by atoms with E-state index in [2.05, 4.69) is 15.2 Å². The van der Waals surface area contributed by atoms with E-state index in [-0.39, 0.29) is 0 Å². The highest BCUT2D eigenvalue weighted by molar-refractivity contribution is 7.98. The third kappa shape index (κ3) is 1.76. The third-order valence-corrected chi connectivity index (χ3v) is 1.50. The molecule has 1 heterocycles. The molecule has 0 saturated carbocycles. The zero-order valence-electron chi connectivity index (χ0n) is 4.79. The predicted molar refractivity (Wildman–Crippen MR) is 39.0 cm³/mol. The van der Waals surface area contributed by atoms with Crippen molar-refractivity contribution in [2.45, 2.75) is 5.16 Å².